The standard InChI is InChI=1S/C28H21N3O6/c1-37-20-11-9-17(10-12-20)26(32)25-23-22(24-21-8-3-2-5-16(21)13-14-29(24)25)27(33)30(28(23)34)18-6-4-7-19(15-18)31(35)36/h2-15,22-25H,1H3. The van der Waals surface area contributed by atoms with Crippen LogP contribution in [0.1, 0.15) is 27.5 Å². The smallest absolute Gasteiger partial charge is 0.271 e. The SMILES string of the molecule is COc1ccc(C(=O)C2C3C(=O)N(c4cccc([N+](=O)[O-])c4)C(=O)C3C3c4ccccc4C=CN23)cc1. The molecule has 9 heteroatoms. The number of hydrogen-bond donors (Lipinski definition) is 0. The average molecular weight is 495 g/mol. The lowest BCUT2D eigenvalue weighted by Gasteiger charge is -2.35. The molecule has 3 aromatic carbocycles. The largest absolute Gasteiger partial charge is 0.497 e. The molecule has 3 aromatic rings. The maximum absolute atomic E-state index is 13.9. The summed E-state index contributed by atoms with van der Waals surface area (Å²) in [4.78, 5) is 55.3. The molecule has 0 radical (unpaired) electrons. The molecule has 37 heavy (non-hydrogen) atoms. The van der Waals surface area contributed by atoms with Gasteiger partial charge in [-0.25, -0.2) is 4.90 Å². The van der Waals surface area contributed by atoms with Crippen LogP contribution in [0.5, 0.6) is 5.75 Å². The third-order valence-corrected chi connectivity index (χ3v) is 7.40. The van der Waals surface area contributed by atoms with Gasteiger partial charge in [0.15, 0.2) is 5.78 Å². The van der Waals surface area contributed by atoms with Gasteiger partial charge in [0.1, 0.15) is 11.8 Å². The van der Waals surface area contributed by atoms with Crippen LogP contribution in [0, 0.1) is 22.0 Å². The molecule has 0 aliphatic carbocycles. The normalized spacial score (nSPS) is 23.5. The number of nitro groups is 1. The summed E-state index contributed by atoms with van der Waals surface area (Å²) in [5, 5.41) is 11.3. The summed E-state index contributed by atoms with van der Waals surface area (Å²) < 4.78 is 5.20. The van der Waals surface area contributed by atoms with Crippen LogP contribution in [0.3, 0.4) is 0 Å². The highest BCUT2D eigenvalue weighted by Gasteiger charge is 2.64. The van der Waals surface area contributed by atoms with Crippen molar-refractivity contribution in [3.63, 3.8) is 0 Å². The maximum atomic E-state index is 13.9. The zero-order valence-electron chi connectivity index (χ0n) is 19.7. The number of non-ortho nitro benzene ring substituents is 1. The monoisotopic (exact) mass is 495 g/mol. The number of imide groups is 1. The minimum absolute atomic E-state index is 0.125. The van der Waals surface area contributed by atoms with Gasteiger partial charge >= 0.3 is 0 Å². The van der Waals surface area contributed by atoms with E-state index in [9.17, 15) is 24.5 Å². The van der Waals surface area contributed by atoms with Crippen molar-refractivity contribution in [2.45, 2.75) is 12.1 Å². The highest BCUT2D eigenvalue weighted by molar-refractivity contribution is 6.24. The average Bonchev–Trinajstić information content (AvgIpc) is 3.40. The lowest BCUT2D eigenvalue weighted by molar-refractivity contribution is -0.384. The van der Waals surface area contributed by atoms with Crippen LogP contribution in [0.4, 0.5) is 11.4 Å². The van der Waals surface area contributed by atoms with Crippen molar-refractivity contribution in [3.05, 3.63) is 106 Å². The van der Waals surface area contributed by atoms with Gasteiger partial charge in [0.25, 0.3) is 5.69 Å². The number of anilines is 1. The number of hydrogen-bond acceptors (Lipinski definition) is 7. The Morgan fingerprint density at radius 3 is 2.41 bits per heavy atom. The Morgan fingerprint density at radius 1 is 0.946 bits per heavy atom. The number of ketones is 1. The summed E-state index contributed by atoms with van der Waals surface area (Å²) in [5.74, 6) is -2.49. The number of Topliss-reactive ketones (excluding diaryl/α,β-unsaturated/α-hetero) is 1. The zero-order chi connectivity index (χ0) is 25.8. The zero-order valence-corrected chi connectivity index (χ0v) is 19.7. The number of carbonyl (C=O) groups is 3. The Balaban J connectivity index is 1.47. The molecule has 3 aliphatic rings. The van der Waals surface area contributed by atoms with E-state index in [2.05, 4.69) is 0 Å². The van der Waals surface area contributed by atoms with Gasteiger partial charge in [0, 0.05) is 23.9 Å². The Hall–Kier alpha value is -4.79. The Morgan fingerprint density at radius 2 is 1.68 bits per heavy atom. The Bertz CT molecular complexity index is 1500. The van der Waals surface area contributed by atoms with Crippen LogP contribution < -0.4 is 9.64 Å². The fourth-order valence-corrected chi connectivity index (χ4v) is 5.78. The number of rotatable bonds is 5. The summed E-state index contributed by atoms with van der Waals surface area (Å²) in [7, 11) is 1.53. The van der Waals surface area contributed by atoms with Gasteiger partial charge in [-0.15, -0.1) is 0 Å². The molecule has 6 rings (SSSR count). The topological polar surface area (TPSA) is 110 Å². The second-order valence-corrected chi connectivity index (χ2v) is 9.21. The molecule has 2 saturated heterocycles. The van der Waals surface area contributed by atoms with Gasteiger partial charge in [-0.05, 0) is 47.5 Å². The van der Waals surface area contributed by atoms with Crippen LogP contribution in [0.2, 0.25) is 0 Å². The summed E-state index contributed by atoms with van der Waals surface area (Å²) >= 11 is 0. The van der Waals surface area contributed by atoms with Crippen molar-refractivity contribution in [1.29, 1.82) is 0 Å². The predicted molar refractivity (Wildman–Crippen MR) is 134 cm³/mol. The molecular formula is C28H21N3O6. The Labute approximate surface area is 211 Å². The fraction of sp³-hybridized carbons (Fsp3) is 0.179. The number of methoxy groups -OCH3 is 1. The molecule has 9 nitrogen and oxygen atoms in total. The van der Waals surface area contributed by atoms with E-state index in [1.165, 1.54) is 31.4 Å². The van der Waals surface area contributed by atoms with Crippen LogP contribution in [-0.2, 0) is 9.59 Å². The minimum Gasteiger partial charge on any atom is -0.497 e. The molecule has 2 amide bonds. The lowest BCUT2D eigenvalue weighted by atomic mass is 9.83. The summed E-state index contributed by atoms with van der Waals surface area (Å²) in [6.07, 6.45) is 3.67. The number of amides is 2. The summed E-state index contributed by atoms with van der Waals surface area (Å²) in [5.41, 5.74) is 2.06. The molecule has 3 aliphatic heterocycles. The van der Waals surface area contributed by atoms with Gasteiger partial charge in [-0.2, -0.15) is 0 Å². The lowest BCUT2D eigenvalue weighted by Crippen LogP contribution is -2.44. The molecule has 0 saturated carbocycles. The van der Waals surface area contributed by atoms with Crippen molar-refractivity contribution in [2.75, 3.05) is 12.0 Å². The first-order valence-electron chi connectivity index (χ1n) is 11.8. The molecule has 184 valence electrons. The van der Waals surface area contributed by atoms with Crippen LogP contribution in [0.15, 0.2) is 79.0 Å². The molecule has 0 spiro atoms. The van der Waals surface area contributed by atoms with E-state index >= 15 is 0 Å². The fourth-order valence-electron chi connectivity index (χ4n) is 5.78. The summed E-state index contributed by atoms with van der Waals surface area (Å²) in [6, 6.07) is 18.2. The molecule has 0 bridgehead atoms. The van der Waals surface area contributed by atoms with Crippen LogP contribution in [0.25, 0.3) is 6.08 Å². The molecular weight excluding hydrogens is 474 g/mol. The van der Waals surface area contributed by atoms with E-state index in [4.69, 9.17) is 4.74 Å². The number of nitro benzene ring substituents is 1. The van der Waals surface area contributed by atoms with Crippen molar-refractivity contribution in [1.82, 2.24) is 4.90 Å². The first-order chi connectivity index (χ1) is 17.9. The Kier molecular flexibility index (Phi) is 5.15. The minimum atomic E-state index is -0.956. The van der Waals surface area contributed by atoms with Gasteiger partial charge in [0.05, 0.1) is 35.6 Å². The van der Waals surface area contributed by atoms with E-state index in [1.807, 2.05) is 35.2 Å². The highest BCUT2D eigenvalue weighted by atomic mass is 16.6. The van der Waals surface area contributed by atoms with E-state index < -0.39 is 40.7 Å². The third kappa shape index (κ3) is 3.35. The quantitative estimate of drug-likeness (QED) is 0.228. The molecule has 3 heterocycles. The number of ether oxygens (including phenoxy) is 1. The van der Waals surface area contributed by atoms with Crippen molar-refractivity contribution in [3.8, 4) is 5.75 Å². The van der Waals surface area contributed by atoms with Gasteiger partial charge in [-0.1, -0.05) is 30.3 Å². The van der Waals surface area contributed by atoms with Crippen molar-refractivity contribution < 1.29 is 24.0 Å². The first-order valence-corrected chi connectivity index (χ1v) is 11.8. The van der Waals surface area contributed by atoms with Crippen molar-refractivity contribution >= 4 is 35.0 Å². The van der Waals surface area contributed by atoms with E-state index in [0.717, 1.165) is 16.0 Å². The second-order valence-electron chi connectivity index (χ2n) is 9.21. The molecule has 0 aromatic heterocycles. The molecule has 4 atom stereocenters. The number of benzene rings is 3. The van der Waals surface area contributed by atoms with E-state index in [1.54, 1.807) is 30.5 Å². The number of fused-ring (bicyclic) bond motifs is 5. The van der Waals surface area contributed by atoms with E-state index in [-0.39, 0.29) is 17.2 Å². The van der Waals surface area contributed by atoms with Crippen LogP contribution >= 0.6 is 0 Å². The van der Waals surface area contributed by atoms with E-state index in [0.29, 0.717) is 11.3 Å². The molecule has 2 fully saturated rings. The third-order valence-electron chi connectivity index (χ3n) is 7.40. The second kappa shape index (κ2) is 8.41. The first kappa shape index (κ1) is 22.7. The number of nitrogens with zero attached hydrogens (tertiary/aromatic N) is 3. The van der Waals surface area contributed by atoms with Crippen molar-refractivity contribution in [2.24, 2.45) is 11.8 Å². The predicted octanol–water partition coefficient (Wildman–Crippen LogP) is 4.00. The summed E-state index contributed by atoms with van der Waals surface area (Å²) in [6.45, 7) is 0. The molecule has 4 unspecified atom stereocenters. The highest BCUT2D eigenvalue weighted by Crippen LogP contribution is 2.53. The van der Waals surface area contributed by atoms with Gasteiger partial charge in [0.2, 0.25) is 11.8 Å². The van der Waals surface area contributed by atoms with Crippen LogP contribution in [-0.4, -0.2) is 40.6 Å². The van der Waals surface area contributed by atoms with Gasteiger partial charge in [-0.3, -0.25) is 24.5 Å². The maximum Gasteiger partial charge on any atom is 0.271 e. The van der Waals surface area contributed by atoms with Gasteiger partial charge < -0.3 is 9.64 Å². The molecule has 0 N–H and O–H groups in total. The number of carbonyl (C=O) groups excluding carboxylic acids is 3.